The average molecular weight is 238 g/mol. The molecule has 0 bridgehead atoms. The zero-order valence-electron chi connectivity index (χ0n) is 11.0. The van der Waals surface area contributed by atoms with E-state index >= 15 is 0 Å². The fraction of sp³-hybridized carbons (Fsp3) is 0.250. The molecule has 0 fully saturated rings. The first kappa shape index (κ1) is 10.8. The maximum absolute atomic E-state index is 2.47. The molecule has 0 radical (unpaired) electrons. The molecule has 0 nitrogen and oxygen atoms in total. The van der Waals surface area contributed by atoms with Gasteiger partial charge in [0.25, 0.3) is 0 Å². The lowest BCUT2D eigenvalue weighted by atomic mass is 10.0. The summed E-state index contributed by atoms with van der Waals surface area (Å²) in [6.07, 6.45) is 0. The third kappa shape index (κ3) is 1.35. The molecule has 86 valence electrons. The minimum atomic E-state index is -1.45. The zero-order chi connectivity index (χ0) is 12.2. The van der Waals surface area contributed by atoms with E-state index in [1.165, 1.54) is 22.3 Å². The fourth-order valence-electron chi connectivity index (χ4n) is 3.41. The summed E-state index contributed by atoms with van der Waals surface area (Å²) in [5.41, 5.74) is 5.83. The molecule has 0 saturated heterocycles. The molecule has 1 heterocycles. The summed E-state index contributed by atoms with van der Waals surface area (Å²) in [6, 6.07) is 13.7. The topological polar surface area (TPSA) is 0 Å². The average Bonchev–Trinajstić information content (AvgIpc) is 2.49. The summed E-state index contributed by atoms with van der Waals surface area (Å²) in [6.45, 7) is 9.41. The van der Waals surface area contributed by atoms with Crippen LogP contribution in [0.15, 0.2) is 36.4 Å². The normalized spacial score (nSPS) is 15.5. The van der Waals surface area contributed by atoms with Crippen molar-refractivity contribution in [3.63, 3.8) is 0 Å². The van der Waals surface area contributed by atoms with Crippen LogP contribution in [0.2, 0.25) is 13.1 Å². The van der Waals surface area contributed by atoms with Crippen LogP contribution in [0.1, 0.15) is 11.1 Å². The monoisotopic (exact) mass is 238 g/mol. The number of benzene rings is 2. The van der Waals surface area contributed by atoms with Crippen molar-refractivity contribution in [2.45, 2.75) is 26.9 Å². The molecular weight excluding hydrogens is 220 g/mol. The highest BCUT2D eigenvalue weighted by Gasteiger charge is 2.38. The highest BCUT2D eigenvalue weighted by molar-refractivity contribution is 7.04. The largest absolute Gasteiger partial charge is 0.114 e. The highest BCUT2D eigenvalue weighted by Crippen LogP contribution is 2.30. The smallest absolute Gasteiger partial charge is 0.0623 e. The van der Waals surface area contributed by atoms with Gasteiger partial charge in [-0.05, 0) is 35.3 Å². The molecule has 0 atom stereocenters. The molecule has 2 aromatic carbocycles. The van der Waals surface area contributed by atoms with E-state index in [2.05, 4.69) is 63.3 Å². The van der Waals surface area contributed by atoms with Crippen LogP contribution < -0.4 is 10.4 Å². The van der Waals surface area contributed by atoms with Crippen molar-refractivity contribution in [2.24, 2.45) is 0 Å². The predicted molar refractivity (Wildman–Crippen MR) is 78.1 cm³/mol. The minimum Gasteiger partial charge on any atom is -0.0623 e. The van der Waals surface area contributed by atoms with Gasteiger partial charge in [0.2, 0.25) is 0 Å². The minimum absolute atomic E-state index is 1.38. The van der Waals surface area contributed by atoms with Crippen LogP contribution in [0.5, 0.6) is 0 Å². The maximum Gasteiger partial charge on any atom is 0.114 e. The molecule has 0 saturated carbocycles. The van der Waals surface area contributed by atoms with Crippen LogP contribution in [0, 0.1) is 13.8 Å². The second-order valence-electron chi connectivity index (χ2n) is 5.67. The van der Waals surface area contributed by atoms with Gasteiger partial charge < -0.3 is 0 Å². The third-order valence-corrected chi connectivity index (χ3v) is 7.69. The molecule has 2 aromatic rings. The Labute approximate surface area is 104 Å². The molecule has 1 heteroatoms. The Kier molecular flexibility index (Phi) is 2.11. The second-order valence-corrected chi connectivity index (χ2v) is 9.96. The molecule has 0 N–H and O–H groups in total. The van der Waals surface area contributed by atoms with E-state index in [1.807, 2.05) is 0 Å². The molecule has 0 aromatic heterocycles. The van der Waals surface area contributed by atoms with Gasteiger partial charge in [0, 0.05) is 0 Å². The van der Waals surface area contributed by atoms with E-state index in [0.29, 0.717) is 0 Å². The molecular formula is C16H18Si. The summed E-state index contributed by atoms with van der Waals surface area (Å²) in [7, 11) is -1.45. The van der Waals surface area contributed by atoms with Crippen molar-refractivity contribution in [1.82, 2.24) is 0 Å². The third-order valence-electron chi connectivity index (χ3n) is 4.00. The van der Waals surface area contributed by atoms with Gasteiger partial charge in [-0.15, -0.1) is 0 Å². The molecule has 17 heavy (non-hydrogen) atoms. The number of rotatable bonds is 0. The van der Waals surface area contributed by atoms with Gasteiger partial charge in [-0.3, -0.25) is 0 Å². The molecule has 0 spiro atoms. The lowest BCUT2D eigenvalue weighted by molar-refractivity contribution is 1.41. The molecule has 1 aliphatic rings. The molecule has 3 rings (SSSR count). The zero-order valence-corrected chi connectivity index (χ0v) is 12.0. The van der Waals surface area contributed by atoms with Gasteiger partial charge in [0.1, 0.15) is 8.07 Å². The van der Waals surface area contributed by atoms with Gasteiger partial charge in [-0.2, -0.15) is 0 Å². The SMILES string of the molecule is Cc1cc(C)c2c(c1)-c1ccccc1[Si]2(C)C. The fourth-order valence-corrected chi connectivity index (χ4v) is 7.02. The Morgan fingerprint density at radius 1 is 0.882 bits per heavy atom. The van der Waals surface area contributed by atoms with Crippen LogP contribution in [0.4, 0.5) is 0 Å². The quantitative estimate of drug-likeness (QED) is 0.619. The predicted octanol–water partition coefficient (Wildman–Crippen LogP) is 3.11. The molecule has 0 unspecified atom stereocenters. The van der Waals surface area contributed by atoms with Gasteiger partial charge in [0.15, 0.2) is 0 Å². The van der Waals surface area contributed by atoms with Crippen LogP contribution in [-0.2, 0) is 0 Å². The Morgan fingerprint density at radius 2 is 1.59 bits per heavy atom. The van der Waals surface area contributed by atoms with Crippen molar-refractivity contribution in [3.8, 4) is 11.1 Å². The van der Waals surface area contributed by atoms with Gasteiger partial charge in [-0.1, -0.05) is 60.6 Å². The Balaban J connectivity index is 2.44. The number of aryl methyl sites for hydroxylation is 2. The van der Waals surface area contributed by atoms with Crippen LogP contribution in [-0.4, -0.2) is 8.07 Å². The highest BCUT2D eigenvalue weighted by atomic mass is 28.3. The van der Waals surface area contributed by atoms with E-state index < -0.39 is 8.07 Å². The van der Waals surface area contributed by atoms with E-state index in [4.69, 9.17) is 0 Å². The summed E-state index contributed by atoms with van der Waals surface area (Å²) >= 11 is 0. The van der Waals surface area contributed by atoms with E-state index in [1.54, 1.807) is 10.4 Å². The first-order valence-electron chi connectivity index (χ1n) is 6.23. The Morgan fingerprint density at radius 3 is 2.35 bits per heavy atom. The van der Waals surface area contributed by atoms with Gasteiger partial charge in [0.05, 0.1) is 0 Å². The Bertz CT molecular complexity index is 609. The summed E-state index contributed by atoms with van der Waals surface area (Å²) < 4.78 is 0. The Hall–Kier alpha value is -1.34. The number of hydrogen-bond donors (Lipinski definition) is 0. The van der Waals surface area contributed by atoms with Gasteiger partial charge in [-0.25, -0.2) is 0 Å². The lowest BCUT2D eigenvalue weighted by Gasteiger charge is -2.21. The summed E-state index contributed by atoms with van der Waals surface area (Å²) in [5, 5.41) is 3.24. The number of hydrogen-bond acceptors (Lipinski definition) is 0. The standard InChI is InChI=1S/C16H18Si/c1-11-9-12(2)16-14(10-11)13-7-5-6-8-15(13)17(16,3)4/h5-10H,1-4H3. The van der Waals surface area contributed by atoms with Crippen molar-refractivity contribution in [3.05, 3.63) is 47.5 Å². The van der Waals surface area contributed by atoms with Crippen LogP contribution in [0.3, 0.4) is 0 Å². The van der Waals surface area contributed by atoms with Crippen molar-refractivity contribution in [2.75, 3.05) is 0 Å². The van der Waals surface area contributed by atoms with Gasteiger partial charge >= 0.3 is 0 Å². The first-order valence-corrected chi connectivity index (χ1v) is 9.23. The van der Waals surface area contributed by atoms with Crippen LogP contribution >= 0.6 is 0 Å². The first-order chi connectivity index (χ1) is 8.01. The maximum atomic E-state index is 2.47. The van der Waals surface area contributed by atoms with Crippen LogP contribution in [0.25, 0.3) is 11.1 Å². The molecule has 1 aliphatic heterocycles. The molecule has 0 aliphatic carbocycles. The van der Waals surface area contributed by atoms with Crippen molar-refractivity contribution < 1.29 is 0 Å². The summed E-state index contributed by atoms with van der Waals surface area (Å²) in [4.78, 5) is 0. The van der Waals surface area contributed by atoms with E-state index in [-0.39, 0.29) is 0 Å². The second kappa shape index (κ2) is 3.33. The number of fused-ring (bicyclic) bond motifs is 3. The van der Waals surface area contributed by atoms with Crippen molar-refractivity contribution >= 4 is 18.4 Å². The van der Waals surface area contributed by atoms with E-state index in [9.17, 15) is 0 Å². The molecule has 0 amide bonds. The van der Waals surface area contributed by atoms with Crippen molar-refractivity contribution in [1.29, 1.82) is 0 Å². The lowest BCUT2D eigenvalue weighted by Crippen LogP contribution is -2.50. The van der Waals surface area contributed by atoms with E-state index in [0.717, 1.165) is 0 Å². The summed E-state index contributed by atoms with van der Waals surface area (Å²) in [5.74, 6) is 0.